The number of carbonyl (C=O) groups excluding carboxylic acids is 1. The fourth-order valence-corrected chi connectivity index (χ4v) is 2.89. The van der Waals surface area contributed by atoms with Crippen molar-refractivity contribution in [2.45, 2.75) is 20.4 Å². The zero-order valence-electron chi connectivity index (χ0n) is 13.4. The molecule has 0 aliphatic carbocycles. The number of nitrogens with zero attached hydrogens (tertiary/aromatic N) is 1. The largest absolute Gasteiger partial charge is 0.483 e. The fraction of sp³-hybridized carbons (Fsp3) is 0.278. The van der Waals surface area contributed by atoms with E-state index in [-0.39, 0.29) is 12.5 Å². The number of hydrogen-bond donors (Lipinski definition) is 0. The number of likely N-dealkylation sites (N-methyl/N-ethyl adjacent to an activating group) is 1. The summed E-state index contributed by atoms with van der Waals surface area (Å²) in [7, 11) is 1.77. The molecule has 2 aromatic rings. The highest BCUT2D eigenvalue weighted by Crippen LogP contribution is 2.35. The third-order valence-electron chi connectivity index (χ3n) is 3.61. The van der Waals surface area contributed by atoms with E-state index in [9.17, 15) is 4.79 Å². The summed E-state index contributed by atoms with van der Waals surface area (Å²) >= 11 is 9.67. The molecule has 0 spiro atoms. The van der Waals surface area contributed by atoms with Crippen LogP contribution in [0.15, 0.2) is 40.9 Å². The zero-order chi connectivity index (χ0) is 17.0. The lowest BCUT2D eigenvalue weighted by atomic mass is 10.1. The normalized spacial score (nSPS) is 10.5. The van der Waals surface area contributed by atoms with E-state index in [0.717, 1.165) is 21.2 Å². The number of ether oxygens (including phenoxy) is 1. The Morgan fingerprint density at radius 1 is 1.26 bits per heavy atom. The molecule has 0 unspecified atom stereocenters. The van der Waals surface area contributed by atoms with Gasteiger partial charge in [-0.1, -0.05) is 41.9 Å². The van der Waals surface area contributed by atoms with Gasteiger partial charge >= 0.3 is 0 Å². The van der Waals surface area contributed by atoms with Crippen molar-refractivity contribution in [3.63, 3.8) is 0 Å². The minimum atomic E-state index is -0.0778. The summed E-state index contributed by atoms with van der Waals surface area (Å²) in [6.07, 6.45) is 0. The molecule has 5 heteroatoms. The predicted octanol–water partition coefficient (Wildman–Crippen LogP) is 4.76. The highest BCUT2D eigenvalue weighted by atomic mass is 79.9. The third kappa shape index (κ3) is 4.49. The smallest absolute Gasteiger partial charge is 0.260 e. The first-order valence-corrected chi connectivity index (χ1v) is 8.43. The van der Waals surface area contributed by atoms with Crippen LogP contribution in [0.5, 0.6) is 5.75 Å². The van der Waals surface area contributed by atoms with Gasteiger partial charge in [-0.25, -0.2) is 0 Å². The van der Waals surface area contributed by atoms with Crippen LogP contribution in [0.2, 0.25) is 5.02 Å². The fourth-order valence-electron chi connectivity index (χ4n) is 2.20. The van der Waals surface area contributed by atoms with Crippen molar-refractivity contribution in [3.8, 4) is 5.75 Å². The van der Waals surface area contributed by atoms with E-state index in [1.165, 1.54) is 0 Å². The molecule has 1 amide bonds. The van der Waals surface area contributed by atoms with Gasteiger partial charge in [0.15, 0.2) is 6.61 Å². The molecule has 0 saturated carbocycles. The Morgan fingerprint density at radius 3 is 2.57 bits per heavy atom. The summed E-state index contributed by atoms with van der Waals surface area (Å²) in [6, 6.07) is 11.7. The van der Waals surface area contributed by atoms with Crippen LogP contribution >= 0.6 is 27.5 Å². The molecule has 0 radical (unpaired) electrons. The molecule has 0 saturated heterocycles. The second-order valence-electron chi connectivity index (χ2n) is 5.47. The van der Waals surface area contributed by atoms with Crippen LogP contribution in [-0.4, -0.2) is 24.5 Å². The van der Waals surface area contributed by atoms with Crippen molar-refractivity contribution in [1.82, 2.24) is 4.90 Å². The summed E-state index contributed by atoms with van der Waals surface area (Å²) < 4.78 is 6.46. The van der Waals surface area contributed by atoms with Gasteiger partial charge < -0.3 is 9.64 Å². The Bertz CT molecular complexity index is 704. The number of rotatable bonds is 5. The first-order valence-electron chi connectivity index (χ1n) is 7.26. The van der Waals surface area contributed by atoms with Gasteiger partial charge in [0.25, 0.3) is 5.91 Å². The number of halogens is 2. The summed E-state index contributed by atoms with van der Waals surface area (Å²) in [5.41, 5.74) is 2.92. The van der Waals surface area contributed by atoms with Gasteiger partial charge in [-0.15, -0.1) is 0 Å². The summed E-state index contributed by atoms with van der Waals surface area (Å²) in [5.74, 6) is 0.553. The average molecular weight is 397 g/mol. The predicted molar refractivity (Wildman–Crippen MR) is 97.0 cm³/mol. The molecule has 0 fully saturated rings. The molecule has 0 heterocycles. The highest BCUT2D eigenvalue weighted by molar-refractivity contribution is 9.10. The Hall–Kier alpha value is -1.52. The van der Waals surface area contributed by atoms with Crippen LogP contribution in [0.4, 0.5) is 0 Å². The zero-order valence-corrected chi connectivity index (χ0v) is 15.7. The molecule has 0 N–H and O–H groups in total. The standard InChI is InChI=1S/C18H19BrClNO2/c1-12-9-15(17(19)13(2)18(12)20)23-11-16(22)21(3)10-14-7-5-4-6-8-14/h4-9H,10-11H2,1-3H3. The first kappa shape index (κ1) is 17.8. The van der Waals surface area contributed by atoms with Gasteiger partial charge in [-0.2, -0.15) is 0 Å². The Morgan fingerprint density at radius 2 is 1.91 bits per heavy atom. The molecule has 0 aliphatic heterocycles. The number of benzene rings is 2. The van der Waals surface area contributed by atoms with E-state index in [2.05, 4.69) is 15.9 Å². The van der Waals surface area contributed by atoms with E-state index in [4.69, 9.17) is 16.3 Å². The van der Waals surface area contributed by atoms with Crippen molar-refractivity contribution in [2.24, 2.45) is 0 Å². The number of carbonyl (C=O) groups is 1. The molecule has 122 valence electrons. The minimum Gasteiger partial charge on any atom is -0.483 e. The highest BCUT2D eigenvalue weighted by Gasteiger charge is 2.14. The second kappa shape index (κ2) is 7.84. The van der Waals surface area contributed by atoms with Gasteiger partial charge in [0.2, 0.25) is 0 Å². The van der Waals surface area contributed by atoms with Crippen LogP contribution < -0.4 is 4.74 Å². The van der Waals surface area contributed by atoms with Crippen LogP contribution in [0, 0.1) is 13.8 Å². The lowest BCUT2D eigenvalue weighted by molar-refractivity contribution is -0.132. The average Bonchev–Trinajstić information content (AvgIpc) is 2.55. The SMILES string of the molecule is Cc1cc(OCC(=O)N(C)Cc2ccccc2)c(Br)c(C)c1Cl. The van der Waals surface area contributed by atoms with Crippen LogP contribution in [0.25, 0.3) is 0 Å². The molecule has 0 aliphatic rings. The maximum atomic E-state index is 12.2. The Labute approximate surface area is 150 Å². The van der Waals surface area contributed by atoms with Gasteiger partial charge in [0, 0.05) is 18.6 Å². The molecule has 23 heavy (non-hydrogen) atoms. The quantitative estimate of drug-likeness (QED) is 0.729. The number of hydrogen-bond acceptors (Lipinski definition) is 2. The number of amides is 1. The molecule has 2 rings (SSSR count). The van der Waals surface area contributed by atoms with Crippen molar-refractivity contribution in [3.05, 3.63) is 62.6 Å². The summed E-state index contributed by atoms with van der Waals surface area (Å²) in [5, 5.41) is 0.705. The van der Waals surface area contributed by atoms with Crippen molar-refractivity contribution >= 4 is 33.4 Å². The van der Waals surface area contributed by atoms with Crippen molar-refractivity contribution in [1.29, 1.82) is 0 Å². The third-order valence-corrected chi connectivity index (χ3v) is 5.18. The lowest BCUT2D eigenvalue weighted by Gasteiger charge is -2.18. The Kier molecular flexibility index (Phi) is 6.08. The molecule has 3 nitrogen and oxygen atoms in total. The topological polar surface area (TPSA) is 29.5 Å². The van der Waals surface area contributed by atoms with E-state index in [0.29, 0.717) is 17.3 Å². The molecular formula is C18H19BrClNO2. The number of aryl methyl sites for hydroxylation is 1. The maximum Gasteiger partial charge on any atom is 0.260 e. The van der Waals surface area contributed by atoms with Gasteiger partial charge in [0.1, 0.15) is 5.75 Å². The van der Waals surface area contributed by atoms with E-state index in [1.807, 2.05) is 50.2 Å². The molecular weight excluding hydrogens is 378 g/mol. The van der Waals surface area contributed by atoms with Crippen molar-refractivity contribution < 1.29 is 9.53 Å². The van der Waals surface area contributed by atoms with E-state index < -0.39 is 0 Å². The summed E-state index contributed by atoms with van der Waals surface area (Å²) in [6.45, 7) is 4.37. The molecule has 0 aromatic heterocycles. The van der Waals surface area contributed by atoms with Crippen LogP contribution in [0.3, 0.4) is 0 Å². The minimum absolute atomic E-state index is 0.0115. The van der Waals surface area contributed by atoms with E-state index in [1.54, 1.807) is 11.9 Å². The van der Waals surface area contributed by atoms with Gasteiger partial charge in [-0.3, -0.25) is 4.79 Å². The molecule has 2 aromatic carbocycles. The van der Waals surface area contributed by atoms with Gasteiger partial charge in [0.05, 0.1) is 4.47 Å². The Balaban J connectivity index is 1.99. The molecule has 0 atom stereocenters. The monoisotopic (exact) mass is 395 g/mol. The van der Waals surface area contributed by atoms with E-state index >= 15 is 0 Å². The maximum absolute atomic E-state index is 12.2. The van der Waals surface area contributed by atoms with Crippen LogP contribution in [0.1, 0.15) is 16.7 Å². The second-order valence-corrected chi connectivity index (χ2v) is 6.64. The summed E-state index contributed by atoms with van der Waals surface area (Å²) in [4.78, 5) is 13.9. The van der Waals surface area contributed by atoms with Gasteiger partial charge in [-0.05, 0) is 52.5 Å². The van der Waals surface area contributed by atoms with Crippen molar-refractivity contribution in [2.75, 3.05) is 13.7 Å². The van der Waals surface area contributed by atoms with Crippen LogP contribution in [-0.2, 0) is 11.3 Å². The lowest BCUT2D eigenvalue weighted by Crippen LogP contribution is -2.31. The molecule has 0 bridgehead atoms. The first-order chi connectivity index (χ1) is 10.9.